The van der Waals surface area contributed by atoms with Crippen LogP contribution in [0.1, 0.15) is 66.2 Å². The van der Waals surface area contributed by atoms with E-state index in [4.69, 9.17) is 9.84 Å². The summed E-state index contributed by atoms with van der Waals surface area (Å²) in [5.41, 5.74) is -0.384. The van der Waals surface area contributed by atoms with Gasteiger partial charge in [-0.15, -0.1) is 0 Å². The lowest BCUT2D eigenvalue weighted by Gasteiger charge is -2.31. The Morgan fingerprint density at radius 1 is 1.30 bits per heavy atom. The molecule has 1 rings (SSSR count). The van der Waals surface area contributed by atoms with E-state index in [2.05, 4.69) is 12.2 Å². The summed E-state index contributed by atoms with van der Waals surface area (Å²) in [6.07, 6.45) is 5.75. The van der Waals surface area contributed by atoms with Gasteiger partial charge in [-0.2, -0.15) is 0 Å². The standard InChI is InChI=1S/C16H31NO3/c1-12(6-5-11-18)17-14-9-7-13(8-10-14)15(19)20-16(2,3)4/h12-14,17-18H,5-11H2,1-4H3. The average Bonchev–Trinajstić information content (AvgIpc) is 2.35. The molecule has 0 aliphatic heterocycles. The Labute approximate surface area is 123 Å². The molecule has 1 unspecified atom stereocenters. The van der Waals surface area contributed by atoms with Gasteiger partial charge in [0, 0.05) is 18.7 Å². The minimum Gasteiger partial charge on any atom is -0.460 e. The van der Waals surface area contributed by atoms with E-state index in [1.807, 2.05) is 20.8 Å². The summed E-state index contributed by atoms with van der Waals surface area (Å²) in [6, 6.07) is 0.938. The second-order valence-electron chi connectivity index (χ2n) is 7.02. The first kappa shape index (κ1) is 17.4. The molecular weight excluding hydrogens is 254 g/mol. The van der Waals surface area contributed by atoms with Crippen LogP contribution in [0.4, 0.5) is 0 Å². The van der Waals surface area contributed by atoms with Crippen molar-refractivity contribution in [3.63, 3.8) is 0 Å². The van der Waals surface area contributed by atoms with E-state index in [1.54, 1.807) is 0 Å². The number of hydrogen-bond acceptors (Lipinski definition) is 4. The van der Waals surface area contributed by atoms with Gasteiger partial charge in [0.25, 0.3) is 0 Å². The zero-order valence-corrected chi connectivity index (χ0v) is 13.4. The van der Waals surface area contributed by atoms with Crippen molar-refractivity contribution >= 4 is 5.97 Å². The monoisotopic (exact) mass is 285 g/mol. The van der Waals surface area contributed by atoms with Crippen LogP contribution in [0.3, 0.4) is 0 Å². The first-order valence-corrected chi connectivity index (χ1v) is 7.91. The van der Waals surface area contributed by atoms with Gasteiger partial charge < -0.3 is 15.2 Å². The van der Waals surface area contributed by atoms with Crippen molar-refractivity contribution in [3.05, 3.63) is 0 Å². The van der Waals surface area contributed by atoms with E-state index in [1.165, 1.54) is 0 Å². The number of ether oxygens (including phenoxy) is 1. The van der Waals surface area contributed by atoms with Gasteiger partial charge in [-0.05, 0) is 66.2 Å². The maximum Gasteiger partial charge on any atom is 0.309 e. The highest BCUT2D eigenvalue weighted by molar-refractivity contribution is 5.73. The molecule has 0 amide bonds. The quantitative estimate of drug-likeness (QED) is 0.737. The lowest BCUT2D eigenvalue weighted by Crippen LogP contribution is -2.41. The fourth-order valence-corrected chi connectivity index (χ4v) is 2.76. The molecule has 0 aromatic rings. The Hall–Kier alpha value is -0.610. The number of rotatable bonds is 6. The fraction of sp³-hybridized carbons (Fsp3) is 0.938. The molecular formula is C16H31NO3. The van der Waals surface area contributed by atoms with Gasteiger partial charge in [-0.25, -0.2) is 0 Å². The zero-order valence-electron chi connectivity index (χ0n) is 13.4. The van der Waals surface area contributed by atoms with Crippen molar-refractivity contribution in [1.82, 2.24) is 5.32 Å². The first-order valence-electron chi connectivity index (χ1n) is 7.91. The van der Waals surface area contributed by atoms with Gasteiger partial charge in [0.05, 0.1) is 5.92 Å². The average molecular weight is 285 g/mol. The predicted octanol–water partition coefficient (Wildman–Crippen LogP) is 2.64. The molecule has 4 nitrogen and oxygen atoms in total. The summed E-state index contributed by atoms with van der Waals surface area (Å²) in [7, 11) is 0. The predicted molar refractivity (Wildman–Crippen MR) is 80.5 cm³/mol. The van der Waals surface area contributed by atoms with E-state index in [-0.39, 0.29) is 24.1 Å². The van der Waals surface area contributed by atoms with E-state index in [0.717, 1.165) is 38.5 Å². The van der Waals surface area contributed by atoms with Crippen LogP contribution in [0, 0.1) is 5.92 Å². The van der Waals surface area contributed by atoms with Crippen molar-refractivity contribution in [1.29, 1.82) is 0 Å². The smallest absolute Gasteiger partial charge is 0.309 e. The van der Waals surface area contributed by atoms with E-state index in [0.29, 0.717) is 12.1 Å². The number of aliphatic hydroxyl groups excluding tert-OH is 1. The van der Waals surface area contributed by atoms with Crippen LogP contribution >= 0.6 is 0 Å². The third-order valence-corrected chi connectivity index (χ3v) is 3.78. The highest BCUT2D eigenvalue weighted by atomic mass is 16.6. The largest absolute Gasteiger partial charge is 0.460 e. The van der Waals surface area contributed by atoms with Crippen molar-refractivity contribution in [2.45, 2.75) is 83.9 Å². The summed E-state index contributed by atoms with van der Waals surface area (Å²) in [5.74, 6) is 0.0318. The van der Waals surface area contributed by atoms with Gasteiger partial charge >= 0.3 is 5.97 Å². The van der Waals surface area contributed by atoms with E-state index >= 15 is 0 Å². The van der Waals surface area contributed by atoms with Gasteiger partial charge in [0.2, 0.25) is 0 Å². The minimum absolute atomic E-state index is 0.0377. The summed E-state index contributed by atoms with van der Waals surface area (Å²) >= 11 is 0. The molecule has 1 fully saturated rings. The molecule has 118 valence electrons. The van der Waals surface area contributed by atoms with Crippen LogP contribution in [-0.4, -0.2) is 35.4 Å². The normalized spacial score (nSPS) is 25.2. The van der Waals surface area contributed by atoms with Crippen molar-refractivity contribution in [3.8, 4) is 0 Å². The molecule has 1 atom stereocenters. The van der Waals surface area contributed by atoms with Crippen molar-refractivity contribution in [2.24, 2.45) is 5.92 Å². The topological polar surface area (TPSA) is 58.6 Å². The van der Waals surface area contributed by atoms with Crippen LogP contribution in [0.2, 0.25) is 0 Å². The molecule has 0 spiro atoms. The Morgan fingerprint density at radius 2 is 1.90 bits per heavy atom. The van der Waals surface area contributed by atoms with Crippen LogP contribution in [0.15, 0.2) is 0 Å². The molecule has 0 heterocycles. The SMILES string of the molecule is CC(CCCO)NC1CCC(C(=O)OC(C)(C)C)CC1. The van der Waals surface area contributed by atoms with Crippen LogP contribution in [-0.2, 0) is 9.53 Å². The molecule has 0 aromatic carbocycles. The number of nitrogens with one attached hydrogen (secondary N) is 1. The van der Waals surface area contributed by atoms with E-state index in [9.17, 15) is 4.79 Å². The van der Waals surface area contributed by atoms with E-state index < -0.39 is 0 Å². The number of carbonyl (C=O) groups excluding carboxylic acids is 1. The van der Waals surface area contributed by atoms with Crippen molar-refractivity contribution in [2.75, 3.05) is 6.61 Å². The third kappa shape index (κ3) is 6.71. The highest BCUT2D eigenvalue weighted by Gasteiger charge is 2.30. The van der Waals surface area contributed by atoms with Crippen molar-refractivity contribution < 1.29 is 14.6 Å². The summed E-state index contributed by atoms with van der Waals surface area (Å²) in [4.78, 5) is 12.0. The molecule has 20 heavy (non-hydrogen) atoms. The maximum absolute atomic E-state index is 12.0. The summed E-state index contributed by atoms with van der Waals surface area (Å²) in [6.45, 7) is 8.18. The van der Waals surface area contributed by atoms with Gasteiger partial charge in [-0.3, -0.25) is 4.79 Å². The molecule has 0 radical (unpaired) electrons. The number of carbonyl (C=O) groups is 1. The minimum atomic E-state index is -0.384. The lowest BCUT2D eigenvalue weighted by molar-refractivity contribution is -0.161. The van der Waals surface area contributed by atoms with Crippen LogP contribution in [0.25, 0.3) is 0 Å². The summed E-state index contributed by atoms with van der Waals surface area (Å²) in [5, 5.41) is 12.4. The Kier molecular flexibility index (Phi) is 6.96. The second kappa shape index (κ2) is 7.99. The number of esters is 1. The number of aliphatic hydroxyl groups is 1. The first-order chi connectivity index (χ1) is 9.31. The highest BCUT2D eigenvalue weighted by Crippen LogP contribution is 2.27. The number of hydrogen-bond donors (Lipinski definition) is 2. The van der Waals surface area contributed by atoms with Gasteiger partial charge in [0.15, 0.2) is 0 Å². The van der Waals surface area contributed by atoms with Gasteiger partial charge in [-0.1, -0.05) is 0 Å². The summed E-state index contributed by atoms with van der Waals surface area (Å²) < 4.78 is 5.46. The molecule has 4 heteroatoms. The molecule has 0 bridgehead atoms. The maximum atomic E-state index is 12.0. The second-order valence-corrected chi connectivity index (χ2v) is 7.02. The Morgan fingerprint density at radius 3 is 2.40 bits per heavy atom. The Balaban J connectivity index is 2.27. The Bertz CT molecular complexity index is 291. The lowest BCUT2D eigenvalue weighted by atomic mass is 9.85. The third-order valence-electron chi connectivity index (χ3n) is 3.78. The molecule has 1 aliphatic carbocycles. The zero-order chi connectivity index (χ0) is 15.2. The molecule has 2 N–H and O–H groups in total. The van der Waals surface area contributed by atoms with Gasteiger partial charge in [0.1, 0.15) is 5.60 Å². The van der Waals surface area contributed by atoms with Crippen LogP contribution < -0.4 is 5.32 Å². The fourth-order valence-electron chi connectivity index (χ4n) is 2.76. The molecule has 0 aromatic heterocycles. The molecule has 1 aliphatic rings. The molecule has 1 saturated carbocycles. The van der Waals surface area contributed by atoms with Crippen LogP contribution in [0.5, 0.6) is 0 Å². The molecule has 0 saturated heterocycles.